The highest BCUT2D eigenvalue weighted by atomic mass is 79.9. The lowest BCUT2D eigenvalue weighted by Gasteiger charge is -2.16. The first-order valence-electron chi connectivity index (χ1n) is 5.32. The first-order chi connectivity index (χ1) is 8.16. The summed E-state index contributed by atoms with van der Waals surface area (Å²) in [4.78, 5) is 4.16. The Labute approximate surface area is 106 Å². The van der Waals surface area contributed by atoms with E-state index in [1.165, 1.54) is 12.1 Å². The minimum Gasteiger partial charge on any atom is -0.356 e. The molecule has 1 heterocycles. The van der Waals surface area contributed by atoms with Gasteiger partial charge >= 0.3 is 0 Å². The zero-order valence-corrected chi connectivity index (χ0v) is 10.7. The summed E-state index contributed by atoms with van der Waals surface area (Å²) in [5.41, 5.74) is 0.0169. The Bertz CT molecular complexity index is 425. The van der Waals surface area contributed by atoms with Gasteiger partial charge in [0.25, 0.3) is 0 Å². The molecule has 0 atom stereocenters. The van der Waals surface area contributed by atoms with Crippen LogP contribution in [-0.2, 0) is 6.54 Å². The summed E-state index contributed by atoms with van der Waals surface area (Å²) in [6.45, 7) is 1.65. The van der Waals surface area contributed by atoms with Crippen molar-refractivity contribution in [1.29, 1.82) is 0 Å². The highest BCUT2D eigenvalue weighted by molar-refractivity contribution is 9.10. The van der Waals surface area contributed by atoms with Crippen LogP contribution in [0.2, 0.25) is 0 Å². The van der Waals surface area contributed by atoms with Crippen molar-refractivity contribution in [2.45, 2.75) is 13.0 Å². The van der Waals surface area contributed by atoms with Crippen molar-refractivity contribution in [2.75, 3.05) is 13.1 Å². The Morgan fingerprint density at radius 3 is 2.65 bits per heavy atom. The molecular formula is C11H12BrF2N3. The molecule has 1 aliphatic rings. The minimum atomic E-state index is -0.569. The molecule has 0 radical (unpaired) electrons. The third-order valence-corrected chi connectivity index (χ3v) is 2.89. The van der Waals surface area contributed by atoms with Gasteiger partial charge in [0.1, 0.15) is 11.6 Å². The molecule has 0 aliphatic carbocycles. The van der Waals surface area contributed by atoms with E-state index in [0.29, 0.717) is 10.4 Å². The minimum absolute atomic E-state index is 0.0169. The van der Waals surface area contributed by atoms with Crippen LogP contribution in [0.1, 0.15) is 12.0 Å². The van der Waals surface area contributed by atoms with Gasteiger partial charge in [0.05, 0.1) is 0 Å². The number of hydrogen-bond acceptors (Lipinski definition) is 3. The second-order valence-corrected chi connectivity index (χ2v) is 4.63. The van der Waals surface area contributed by atoms with Crippen LogP contribution in [0.25, 0.3) is 0 Å². The van der Waals surface area contributed by atoms with E-state index >= 15 is 0 Å². The lowest BCUT2D eigenvalue weighted by atomic mass is 10.2. The topological polar surface area (TPSA) is 36.4 Å². The molecule has 2 N–H and O–H groups in total. The zero-order valence-electron chi connectivity index (χ0n) is 9.06. The number of nitrogens with zero attached hydrogens (tertiary/aromatic N) is 1. The highest BCUT2D eigenvalue weighted by Gasteiger charge is 2.11. The SMILES string of the molecule is Fc1cc(Br)cc(F)c1CNC1=NCCCN1. The summed E-state index contributed by atoms with van der Waals surface area (Å²) in [6.07, 6.45) is 0.978. The van der Waals surface area contributed by atoms with E-state index in [0.717, 1.165) is 19.5 Å². The van der Waals surface area contributed by atoms with Crippen LogP contribution in [0.3, 0.4) is 0 Å². The van der Waals surface area contributed by atoms with Crippen LogP contribution in [0.5, 0.6) is 0 Å². The van der Waals surface area contributed by atoms with E-state index in [1.807, 2.05) is 0 Å². The van der Waals surface area contributed by atoms with Crippen LogP contribution in [0, 0.1) is 11.6 Å². The van der Waals surface area contributed by atoms with E-state index in [-0.39, 0.29) is 12.1 Å². The van der Waals surface area contributed by atoms with Gasteiger partial charge in [-0.25, -0.2) is 8.78 Å². The maximum absolute atomic E-state index is 13.5. The maximum atomic E-state index is 13.5. The molecule has 0 aromatic heterocycles. The van der Waals surface area contributed by atoms with Gasteiger partial charge in [-0.1, -0.05) is 15.9 Å². The predicted octanol–water partition coefficient (Wildman–Crippen LogP) is 2.17. The third-order valence-electron chi connectivity index (χ3n) is 2.44. The fourth-order valence-corrected chi connectivity index (χ4v) is 1.97. The third kappa shape index (κ3) is 3.15. The first-order valence-corrected chi connectivity index (χ1v) is 6.12. The van der Waals surface area contributed by atoms with Gasteiger partial charge in [0, 0.05) is 29.7 Å². The molecule has 2 rings (SSSR count). The van der Waals surface area contributed by atoms with Gasteiger partial charge in [-0.05, 0) is 18.6 Å². The van der Waals surface area contributed by atoms with E-state index in [4.69, 9.17) is 0 Å². The number of aliphatic imine (C=N–C) groups is 1. The summed E-state index contributed by atoms with van der Waals surface area (Å²) < 4.78 is 27.4. The van der Waals surface area contributed by atoms with Crippen LogP contribution < -0.4 is 10.6 Å². The van der Waals surface area contributed by atoms with Gasteiger partial charge in [-0.3, -0.25) is 4.99 Å². The lowest BCUT2D eigenvalue weighted by Crippen LogP contribution is -2.40. The summed E-state index contributed by atoms with van der Waals surface area (Å²) in [6, 6.07) is 2.49. The molecule has 3 nitrogen and oxygen atoms in total. The van der Waals surface area contributed by atoms with Gasteiger partial charge in [-0.2, -0.15) is 0 Å². The molecule has 6 heteroatoms. The highest BCUT2D eigenvalue weighted by Crippen LogP contribution is 2.19. The smallest absolute Gasteiger partial charge is 0.191 e. The molecule has 0 spiro atoms. The number of benzene rings is 1. The van der Waals surface area contributed by atoms with E-state index in [2.05, 4.69) is 31.6 Å². The average Bonchev–Trinajstić information content (AvgIpc) is 2.29. The van der Waals surface area contributed by atoms with Gasteiger partial charge in [0.2, 0.25) is 0 Å². The number of halogens is 3. The largest absolute Gasteiger partial charge is 0.356 e. The molecule has 0 amide bonds. The molecule has 92 valence electrons. The van der Waals surface area contributed by atoms with Crippen molar-refractivity contribution in [1.82, 2.24) is 10.6 Å². The zero-order chi connectivity index (χ0) is 12.3. The van der Waals surface area contributed by atoms with Crippen molar-refractivity contribution in [3.8, 4) is 0 Å². The van der Waals surface area contributed by atoms with Crippen molar-refractivity contribution in [2.24, 2.45) is 4.99 Å². The van der Waals surface area contributed by atoms with E-state index in [9.17, 15) is 8.78 Å². The second-order valence-electron chi connectivity index (χ2n) is 3.71. The number of hydrogen-bond donors (Lipinski definition) is 2. The molecule has 0 fully saturated rings. The van der Waals surface area contributed by atoms with Crippen molar-refractivity contribution >= 4 is 21.9 Å². The van der Waals surface area contributed by atoms with Crippen molar-refractivity contribution in [3.05, 3.63) is 33.8 Å². The second kappa shape index (κ2) is 5.44. The summed E-state index contributed by atoms with van der Waals surface area (Å²) >= 11 is 3.04. The first kappa shape index (κ1) is 12.3. The Kier molecular flexibility index (Phi) is 3.93. The summed E-state index contributed by atoms with van der Waals surface area (Å²) in [5.74, 6) is -0.542. The Balaban J connectivity index is 2.06. The van der Waals surface area contributed by atoms with Crippen molar-refractivity contribution < 1.29 is 8.78 Å². The van der Waals surface area contributed by atoms with E-state index in [1.54, 1.807) is 0 Å². The number of rotatable bonds is 2. The van der Waals surface area contributed by atoms with Crippen LogP contribution >= 0.6 is 15.9 Å². The summed E-state index contributed by atoms with van der Waals surface area (Å²) in [7, 11) is 0. The van der Waals surface area contributed by atoms with Gasteiger partial charge in [-0.15, -0.1) is 0 Å². The molecule has 0 saturated heterocycles. The fraction of sp³-hybridized carbons (Fsp3) is 0.364. The number of guanidine groups is 1. The normalized spacial score (nSPS) is 15.1. The molecular weight excluding hydrogens is 292 g/mol. The fourth-order valence-electron chi connectivity index (χ4n) is 1.56. The van der Waals surface area contributed by atoms with Crippen LogP contribution in [0.15, 0.2) is 21.6 Å². The van der Waals surface area contributed by atoms with Gasteiger partial charge < -0.3 is 10.6 Å². The quantitative estimate of drug-likeness (QED) is 0.878. The molecule has 1 aliphatic heterocycles. The van der Waals surface area contributed by atoms with Crippen molar-refractivity contribution in [3.63, 3.8) is 0 Å². The molecule has 1 aromatic carbocycles. The maximum Gasteiger partial charge on any atom is 0.191 e. The molecule has 0 saturated carbocycles. The number of nitrogens with one attached hydrogen (secondary N) is 2. The standard InChI is InChI=1S/C11H12BrF2N3/c12-7-4-9(13)8(10(14)5-7)6-17-11-15-2-1-3-16-11/h4-5H,1-3,6H2,(H2,15,16,17). The molecule has 17 heavy (non-hydrogen) atoms. The average molecular weight is 304 g/mol. The predicted molar refractivity (Wildman–Crippen MR) is 65.8 cm³/mol. The molecule has 0 unspecified atom stereocenters. The Morgan fingerprint density at radius 1 is 1.35 bits per heavy atom. The Morgan fingerprint density at radius 2 is 2.06 bits per heavy atom. The van der Waals surface area contributed by atoms with E-state index < -0.39 is 11.6 Å². The Hall–Kier alpha value is -1.17. The van der Waals surface area contributed by atoms with Crippen LogP contribution in [-0.4, -0.2) is 19.0 Å². The molecule has 1 aromatic rings. The lowest BCUT2D eigenvalue weighted by molar-refractivity contribution is 0.547. The molecule has 0 bridgehead atoms. The summed E-state index contributed by atoms with van der Waals surface area (Å²) in [5, 5.41) is 5.91. The van der Waals surface area contributed by atoms with Gasteiger partial charge in [0.15, 0.2) is 5.96 Å². The van der Waals surface area contributed by atoms with Crippen LogP contribution in [0.4, 0.5) is 8.78 Å². The monoisotopic (exact) mass is 303 g/mol.